The molecule has 0 unspecified atom stereocenters. The van der Waals surface area contributed by atoms with Gasteiger partial charge in [0, 0.05) is 32.4 Å². The second-order valence-corrected chi connectivity index (χ2v) is 3.30. The van der Waals surface area contributed by atoms with Gasteiger partial charge in [0.1, 0.15) is 0 Å². The molecule has 0 atom stereocenters. The third-order valence-corrected chi connectivity index (χ3v) is 2.16. The molecular formula is C10H19ClFN3O. The number of rotatable bonds is 7. The minimum absolute atomic E-state index is 0. The maximum Gasteiger partial charge on any atom is 0.215 e. The fourth-order valence-corrected chi connectivity index (χ4v) is 1.31. The van der Waals surface area contributed by atoms with Crippen molar-refractivity contribution in [1.29, 1.82) is 0 Å². The summed E-state index contributed by atoms with van der Waals surface area (Å²) >= 11 is 0. The number of nitrogens with zero attached hydrogens (tertiary/aromatic N) is 2. The summed E-state index contributed by atoms with van der Waals surface area (Å²) < 4.78 is 19.7. The Morgan fingerprint density at radius 1 is 1.56 bits per heavy atom. The molecule has 1 rings (SSSR count). The van der Waals surface area contributed by atoms with Gasteiger partial charge in [-0.3, -0.25) is 0 Å². The maximum atomic E-state index is 13.4. The molecule has 0 radical (unpaired) electrons. The minimum Gasteiger partial charge on any atom is -0.385 e. The van der Waals surface area contributed by atoms with Crippen LogP contribution in [-0.4, -0.2) is 30.0 Å². The zero-order valence-corrected chi connectivity index (χ0v) is 10.5. The second kappa shape index (κ2) is 8.50. The molecule has 16 heavy (non-hydrogen) atoms. The fraction of sp³-hybridized carbons (Fsp3) is 0.700. The number of methoxy groups -OCH3 is 1. The van der Waals surface area contributed by atoms with E-state index in [0.717, 1.165) is 19.6 Å². The Kier molecular flexibility index (Phi) is 8.15. The van der Waals surface area contributed by atoms with Gasteiger partial charge in [0.25, 0.3) is 0 Å². The molecule has 0 fully saturated rings. The van der Waals surface area contributed by atoms with Crippen LogP contribution in [0.5, 0.6) is 0 Å². The molecule has 0 bridgehead atoms. The lowest BCUT2D eigenvalue weighted by atomic mass is 10.3. The Balaban J connectivity index is 0.00000225. The van der Waals surface area contributed by atoms with Crippen molar-refractivity contribution in [3.8, 4) is 0 Å². The molecule has 0 saturated carbocycles. The average molecular weight is 252 g/mol. The van der Waals surface area contributed by atoms with Crippen molar-refractivity contribution >= 4 is 12.4 Å². The van der Waals surface area contributed by atoms with Gasteiger partial charge in [-0.1, -0.05) is 0 Å². The highest BCUT2D eigenvalue weighted by Crippen LogP contribution is 2.05. The van der Waals surface area contributed by atoms with E-state index in [-0.39, 0.29) is 18.4 Å². The molecule has 0 aliphatic carbocycles. The van der Waals surface area contributed by atoms with E-state index in [0.29, 0.717) is 18.7 Å². The standard InChI is InChI=1S/C10H18FN3O.ClH/c1-3-14-10(11)9(8-13-14)7-12-5-4-6-15-2;/h8,12H,3-7H2,1-2H3;1H. The first-order valence-electron chi connectivity index (χ1n) is 5.19. The molecule has 1 N–H and O–H groups in total. The molecule has 1 aromatic rings. The van der Waals surface area contributed by atoms with E-state index in [2.05, 4.69) is 10.4 Å². The summed E-state index contributed by atoms with van der Waals surface area (Å²) in [6.45, 7) is 4.51. The number of halogens is 2. The largest absolute Gasteiger partial charge is 0.385 e. The van der Waals surface area contributed by atoms with Crippen LogP contribution in [0.1, 0.15) is 18.9 Å². The zero-order valence-electron chi connectivity index (χ0n) is 9.70. The smallest absolute Gasteiger partial charge is 0.215 e. The van der Waals surface area contributed by atoms with E-state index in [1.165, 1.54) is 4.68 Å². The van der Waals surface area contributed by atoms with Crippen LogP contribution >= 0.6 is 12.4 Å². The summed E-state index contributed by atoms with van der Waals surface area (Å²) in [5, 5.41) is 7.07. The summed E-state index contributed by atoms with van der Waals surface area (Å²) in [5.41, 5.74) is 0.620. The van der Waals surface area contributed by atoms with Gasteiger partial charge in [-0.05, 0) is 19.9 Å². The van der Waals surface area contributed by atoms with Crippen LogP contribution in [0, 0.1) is 5.95 Å². The first-order valence-corrected chi connectivity index (χ1v) is 5.19. The average Bonchev–Trinajstić information content (AvgIpc) is 2.60. The van der Waals surface area contributed by atoms with Gasteiger partial charge in [-0.25, -0.2) is 4.68 Å². The van der Waals surface area contributed by atoms with E-state index < -0.39 is 0 Å². The van der Waals surface area contributed by atoms with Crippen molar-refractivity contribution in [3.63, 3.8) is 0 Å². The maximum absolute atomic E-state index is 13.4. The molecule has 0 aliphatic rings. The van der Waals surface area contributed by atoms with Crippen LogP contribution in [0.25, 0.3) is 0 Å². The van der Waals surface area contributed by atoms with Crippen molar-refractivity contribution < 1.29 is 9.13 Å². The Bertz CT molecular complexity index is 294. The van der Waals surface area contributed by atoms with Gasteiger partial charge in [-0.15, -0.1) is 12.4 Å². The van der Waals surface area contributed by atoms with Gasteiger partial charge in [0.2, 0.25) is 5.95 Å². The van der Waals surface area contributed by atoms with Gasteiger partial charge in [-0.2, -0.15) is 9.49 Å². The quantitative estimate of drug-likeness (QED) is 0.748. The molecule has 6 heteroatoms. The van der Waals surface area contributed by atoms with E-state index in [4.69, 9.17) is 4.74 Å². The van der Waals surface area contributed by atoms with Gasteiger partial charge >= 0.3 is 0 Å². The number of aryl methyl sites for hydroxylation is 1. The van der Waals surface area contributed by atoms with Crippen molar-refractivity contribution in [3.05, 3.63) is 17.7 Å². The molecule has 0 saturated heterocycles. The molecule has 0 aromatic carbocycles. The van der Waals surface area contributed by atoms with Gasteiger partial charge in [0.15, 0.2) is 0 Å². The van der Waals surface area contributed by atoms with Crippen LogP contribution in [0.15, 0.2) is 6.20 Å². The third kappa shape index (κ3) is 4.47. The Hall–Kier alpha value is -0.650. The lowest BCUT2D eigenvalue weighted by Crippen LogP contribution is -2.16. The third-order valence-electron chi connectivity index (χ3n) is 2.16. The van der Waals surface area contributed by atoms with E-state index in [1.54, 1.807) is 13.3 Å². The molecule has 0 spiro atoms. The van der Waals surface area contributed by atoms with Crippen LogP contribution in [0.4, 0.5) is 4.39 Å². The van der Waals surface area contributed by atoms with Gasteiger partial charge in [0.05, 0.1) is 6.20 Å². The predicted molar refractivity (Wildman–Crippen MR) is 63.3 cm³/mol. The number of ether oxygens (including phenoxy) is 1. The number of aromatic nitrogens is 2. The van der Waals surface area contributed by atoms with Crippen molar-refractivity contribution in [2.45, 2.75) is 26.4 Å². The molecule has 1 heterocycles. The number of hydrogen-bond acceptors (Lipinski definition) is 3. The molecule has 4 nitrogen and oxygen atoms in total. The molecule has 0 aliphatic heterocycles. The number of hydrogen-bond donors (Lipinski definition) is 1. The number of nitrogens with one attached hydrogen (secondary N) is 1. The molecule has 1 aromatic heterocycles. The lowest BCUT2D eigenvalue weighted by molar-refractivity contribution is 0.194. The van der Waals surface area contributed by atoms with E-state index in [1.807, 2.05) is 6.92 Å². The predicted octanol–water partition coefficient (Wildman–Crippen LogP) is 1.59. The minimum atomic E-state index is -0.239. The first kappa shape index (κ1) is 15.3. The van der Waals surface area contributed by atoms with Crippen LogP contribution < -0.4 is 5.32 Å². The van der Waals surface area contributed by atoms with Crippen molar-refractivity contribution in [1.82, 2.24) is 15.1 Å². The van der Waals surface area contributed by atoms with Crippen molar-refractivity contribution in [2.75, 3.05) is 20.3 Å². The molecular weight excluding hydrogens is 233 g/mol. The summed E-state index contributed by atoms with van der Waals surface area (Å²) in [7, 11) is 1.67. The molecule has 94 valence electrons. The van der Waals surface area contributed by atoms with Crippen LogP contribution in [-0.2, 0) is 17.8 Å². The Morgan fingerprint density at radius 2 is 2.31 bits per heavy atom. The summed E-state index contributed by atoms with van der Waals surface area (Å²) in [6, 6.07) is 0. The van der Waals surface area contributed by atoms with Crippen LogP contribution in [0.2, 0.25) is 0 Å². The summed E-state index contributed by atoms with van der Waals surface area (Å²) in [6.07, 6.45) is 2.50. The Morgan fingerprint density at radius 3 is 2.88 bits per heavy atom. The fourth-order valence-electron chi connectivity index (χ4n) is 1.31. The lowest BCUT2D eigenvalue weighted by Gasteiger charge is -2.02. The van der Waals surface area contributed by atoms with Crippen LogP contribution in [0.3, 0.4) is 0 Å². The Labute approximate surface area is 102 Å². The normalized spacial score (nSPS) is 10.2. The topological polar surface area (TPSA) is 39.1 Å². The monoisotopic (exact) mass is 251 g/mol. The molecule has 0 amide bonds. The highest BCUT2D eigenvalue weighted by Gasteiger charge is 2.07. The second-order valence-electron chi connectivity index (χ2n) is 3.30. The van der Waals surface area contributed by atoms with Gasteiger partial charge < -0.3 is 10.1 Å². The highest BCUT2D eigenvalue weighted by molar-refractivity contribution is 5.85. The summed E-state index contributed by atoms with van der Waals surface area (Å²) in [5.74, 6) is -0.239. The first-order chi connectivity index (χ1) is 7.29. The zero-order chi connectivity index (χ0) is 11.1. The van der Waals surface area contributed by atoms with Crippen molar-refractivity contribution in [2.24, 2.45) is 0 Å². The summed E-state index contributed by atoms with van der Waals surface area (Å²) in [4.78, 5) is 0. The SMILES string of the molecule is CCn1ncc(CNCCCOC)c1F.Cl. The highest BCUT2D eigenvalue weighted by atomic mass is 35.5. The van der Waals surface area contributed by atoms with E-state index in [9.17, 15) is 4.39 Å². The van der Waals surface area contributed by atoms with E-state index >= 15 is 0 Å².